The van der Waals surface area contributed by atoms with Crippen molar-refractivity contribution in [3.63, 3.8) is 0 Å². The Kier molecular flexibility index (Phi) is 2.44. The van der Waals surface area contributed by atoms with Crippen LogP contribution >= 0.6 is 15.9 Å². The molecule has 3 nitrogen and oxygen atoms in total. The highest BCUT2D eigenvalue weighted by Gasteiger charge is 2.54. The van der Waals surface area contributed by atoms with E-state index in [-0.39, 0.29) is 0 Å². The van der Waals surface area contributed by atoms with Crippen LogP contribution in [-0.2, 0) is 9.84 Å². The molecule has 1 spiro atoms. The molecule has 0 radical (unpaired) electrons. The van der Waals surface area contributed by atoms with E-state index in [0.717, 1.165) is 10.9 Å². The molecule has 1 heterocycles. The molecule has 0 bridgehead atoms. The molecule has 1 N–H and O–H groups in total. The van der Waals surface area contributed by atoms with Gasteiger partial charge in [-0.1, -0.05) is 28.4 Å². The number of aliphatic hydroxyl groups excluding tert-OH is 1. The van der Waals surface area contributed by atoms with Crippen LogP contribution < -0.4 is 0 Å². The molecule has 0 aromatic heterocycles. The van der Waals surface area contributed by atoms with Gasteiger partial charge in [-0.2, -0.15) is 0 Å². The van der Waals surface area contributed by atoms with Gasteiger partial charge in [0.15, 0.2) is 9.84 Å². The summed E-state index contributed by atoms with van der Waals surface area (Å²) in [5.74, 6) is 0. The van der Waals surface area contributed by atoms with E-state index in [0.29, 0.717) is 29.7 Å². The van der Waals surface area contributed by atoms with Gasteiger partial charge in [0.1, 0.15) is 0 Å². The Labute approximate surface area is 109 Å². The molecule has 1 fully saturated rings. The molecular formula is C12H13BrO3S. The summed E-state index contributed by atoms with van der Waals surface area (Å²) in [6.45, 7) is 0. The lowest BCUT2D eigenvalue weighted by atomic mass is 9.78. The Balaban J connectivity index is 2.26. The van der Waals surface area contributed by atoms with Crippen molar-refractivity contribution in [3.05, 3.63) is 28.2 Å². The first-order valence-electron chi connectivity index (χ1n) is 5.68. The number of benzene rings is 1. The van der Waals surface area contributed by atoms with Crippen LogP contribution in [0.5, 0.6) is 0 Å². The van der Waals surface area contributed by atoms with Gasteiger partial charge >= 0.3 is 0 Å². The van der Waals surface area contributed by atoms with Crippen LogP contribution in [0.25, 0.3) is 0 Å². The van der Waals surface area contributed by atoms with E-state index >= 15 is 0 Å². The van der Waals surface area contributed by atoms with Gasteiger partial charge in [-0.3, -0.25) is 0 Å². The van der Waals surface area contributed by atoms with E-state index < -0.39 is 20.7 Å². The lowest BCUT2D eigenvalue weighted by molar-refractivity contribution is 0.119. The summed E-state index contributed by atoms with van der Waals surface area (Å²) in [6.07, 6.45) is 2.00. The van der Waals surface area contributed by atoms with Crippen molar-refractivity contribution in [2.45, 2.75) is 41.4 Å². The van der Waals surface area contributed by atoms with Gasteiger partial charge < -0.3 is 5.11 Å². The van der Waals surface area contributed by atoms with E-state index in [4.69, 9.17) is 0 Å². The lowest BCUT2D eigenvalue weighted by Gasteiger charge is -2.45. The summed E-state index contributed by atoms with van der Waals surface area (Å²) < 4.78 is 25.2. The lowest BCUT2D eigenvalue weighted by Crippen LogP contribution is -2.49. The second-order valence-corrected chi connectivity index (χ2v) is 8.17. The average Bonchev–Trinajstić information content (AvgIpc) is 2.21. The van der Waals surface area contributed by atoms with Crippen LogP contribution in [0.3, 0.4) is 0 Å². The molecule has 1 aromatic carbocycles. The van der Waals surface area contributed by atoms with Crippen molar-refractivity contribution >= 4 is 25.8 Å². The van der Waals surface area contributed by atoms with Crippen molar-refractivity contribution < 1.29 is 13.5 Å². The van der Waals surface area contributed by atoms with Crippen LogP contribution in [0.2, 0.25) is 0 Å². The highest BCUT2D eigenvalue weighted by molar-refractivity contribution is 9.10. The molecule has 1 aliphatic heterocycles. The number of halogens is 1. The minimum absolute atomic E-state index is 0.310. The molecule has 1 atom stereocenters. The first-order valence-corrected chi connectivity index (χ1v) is 7.96. The summed E-state index contributed by atoms with van der Waals surface area (Å²) in [5.41, 5.74) is 0.547. The number of hydrogen-bond acceptors (Lipinski definition) is 3. The van der Waals surface area contributed by atoms with Gasteiger partial charge in [-0.15, -0.1) is 0 Å². The normalized spacial score (nSPS) is 28.5. The molecule has 1 saturated carbocycles. The second kappa shape index (κ2) is 3.56. The molecule has 92 valence electrons. The molecular weight excluding hydrogens is 304 g/mol. The Morgan fingerprint density at radius 3 is 2.65 bits per heavy atom. The number of sulfone groups is 1. The van der Waals surface area contributed by atoms with Crippen LogP contribution in [-0.4, -0.2) is 18.3 Å². The summed E-state index contributed by atoms with van der Waals surface area (Å²) in [7, 11) is -3.29. The third kappa shape index (κ3) is 1.45. The molecule has 3 rings (SSSR count). The molecule has 0 saturated heterocycles. The van der Waals surface area contributed by atoms with Crippen molar-refractivity contribution in [1.29, 1.82) is 0 Å². The number of aliphatic hydroxyl groups is 1. The summed E-state index contributed by atoms with van der Waals surface area (Å²) in [5, 5.41) is 10.1. The Morgan fingerprint density at radius 2 is 2.06 bits per heavy atom. The van der Waals surface area contributed by atoms with E-state index in [1.165, 1.54) is 0 Å². The fourth-order valence-corrected chi connectivity index (χ4v) is 5.84. The zero-order valence-electron chi connectivity index (χ0n) is 9.19. The highest BCUT2D eigenvalue weighted by atomic mass is 79.9. The summed E-state index contributed by atoms with van der Waals surface area (Å²) in [6, 6.07) is 5.09. The molecule has 17 heavy (non-hydrogen) atoms. The molecule has 0 unspecified atom stereocenters. The van der Waals surface area contributed by atoms with Crippen LogP contribution in [0, 0.1) is 0 Å². The molecule has 1 aliphatic carbocycles. The monoisotopic (exact) mass is 316 g/mol. The van der Waals surface area contributed by atoms with Gasteiger partial charge in [0, 0.05) is 4.47 Å². The van der Waals surface area contributed by atoms with Gasteiger partial charge in [0.25, 0.3) is 0 Å². The maximum atomic E-state index is 12.6. The predicted molar refractivity (Wildman–Crippen MR) is 67.5 cm³/mol. The third-order valence-electron chi connectivity index (χ3n) is 4.02. The SMILES string of the molecule is O=S1(=O)c2cc(Br)ccc2[C@@H](O)CC12CCC2. The van der Waals surface area contributed by atoms with Gasteiger partial charge in [0.2, 0.25) is 0 Å². The standard InChI is InChI=1S/C12H13BrO3S/c13-8-2-3-9-10(14)7-12(4-1-5-12)17(15,16)11(9)6-8/h2-3,6,10,14H,1,4-5,7H2/t10-/m0/s1. The first-order chi connectivity index (χ1) is 7.96. The van der Waals surface area contributed by atoms with Crippen molar-refractivity contribution in [2.75, 3.05) is 0 Å². The average molecular weight is 317 g/mol. The number of fused-ring (bicyclic) bond motifs is 1. The number of rotatable bonds is 0. The van der Waals surface area contributed by atoms with Gasteiger partial charge in [0.05, 0.1) is 15.7 Å². The maximum Gasteiger partial charge on any atom is 0.184 e. The second-order valence-electron chi connectivity index (χ2n) is 4.94. The topological polar surface area (TPSA) is 54.4 Å². The highest BCUT2D eigenvalue weighted by Crippen LogP contribution is 2.53. The third-order valence-corrected chi connectivity index (χ3v) is 7.17. The van der Waals surface area contributed by atoms with E-state index in [9.17, 15) is 13.5 Å². The molecule has 1 aromatic rings. The Bertz CT molecular complexity index is 575. The Hall–Kier alpha value is -0.390. The van der Waals surface area contributed by atoms with Gasteiger partial charge in [-0.05, 0) is 37.0 Å². The van der Waals surface area contributed by atoms with Gasteiger partial charge in [-0.25, -0.2) is 8.42 Å². The van der Waals surface area contributed by atoms with Crippen molar-refractivity contribution in [2.24, 2.45) is 0 Å². The predicted octanol–water partition coefficient (Wildman–Crippen LogP) is 2.58. The minimum atomic E-state index is -3.29. The summed E-state index contributed by atoms with van der Waals surface area (Å²) >= 11 is 3.29. The summed E-state index contributed by atoms with van der Waals surface area (Å²) in [4.78, 5) is 0.310. The van der Waals surface area contributed by atoms with E-state index in [1.54, 1.807) is 18.2 Å². The Morgan fingerprint density at radius 1 is 1.35 bits per heavy atom. The molecule has 0 amide bonds. The fourth-order valence-electron chi connectivity index (χ4n) is 2.87. The number of hydrogen-bond donors (Lipinski definition) is 1. The smallest absolute Gasteiger partial charge is 0.184 e. The van der Waals surface area contributed by atoms with E-state index in [1.807, 2.05) is 0 Å². The molecule has 5 heteroatoms. The van der Waals surface area contributed by atoms with Crippen LogP contribution in [0.1, 0.15) is 37.4 Å². The minimum Gasteiger partial charge on any atom is -0.388 e. The van der Waals surface area contributed by atoms with E-state index in [2.05, 4.69) is 15.9 Å². The first kappa shape index (κ1) is 11.7. The van der Waals surface area contributed by atoms with Crippen molar-refractivity contribution in [3.8, 4) is 0 Å². The van der Waals surface area contributed by atoms with Crippen LogP contribution in [0.4, 0.5) is 0 Å². The maximum absolute atomic E-state index is 12.6. The molecule has 2 aliphatic rings. The zero-order valence-corrected chi connectivity index (χ0v) is 11.6. The van der Waals surface area contributed by atoms with Crippen molar-refractivity contribution in [1.82, 2.24) is 0 Å². The fraction of sp³-hybridized carbons (Fsp3) is 0.500. The zero-order chi connectivity index (χ0) is 12.3. The largest absolute Gasteiger partial charge is 0.388 e. The quantitative estimate of drug-likeness (QED) is 0.800. The van der Waals surface area contributed by atoms with Crippen LogP contribution in [0.15, 0.2) is 27.6 Å².